The van der Waals surface area contributed by atoms with Gasteiger partial charge >= 0.3 is 0 Å². The smallest absolute Gasteiger partial charge is 0.0855 e. The lowest BCUT2D eigenvalue weighted by Crippen LogP contribution is -2.32. The Kier molecular flexibility index (Phi) is 5.51. The Morgan fingerprint density at radius 1 is 1.09 bits per heavy atom. The molecule has 0 aliphatic heterocycles. The summed E-state index contributed by atoms with van der Waals surface area (Å²) in [5, 5.41) is 0. The highest BCUT2D eigenvalue weighted by Gasteiger charge is 2.21. The first-order chi connectivity index (χ1) is 5.17. The van der Waals surface area contributed by atoms with Crippen LogP contribution in [0.4, 0.5) is 0 Å². The molecule has 0 saturated heterocycles. The van der Waals surface area contributed by atoms with Crippen LogP contribution in [0.1, 0.15) is 27.2 Å². The monoisotopic (exact) mass is 160 g/mol. The van der Waals surface area contributed by atoms with E-state index >= 15 is 0 Å². The summed E-state index contributed by atoms with van der Waals surface area (Å²) >= 11 is 0. The number of ether oxygens (including phenoxy) is 2. The molecular weight excluding hydrogens is 140 g/mol. The van der Waals surface area contributed by atoms with Gasteiger partial charge in [0, 0.05) is 14.2 Å². The zero-order valence-electron chi connectivity index (χ0n) is 8.26. The van der Waals surface area contributed by atoms with E-state index in [1.54, 1.807) is 14.2 Å². The minimum atomic E-state index is 0.190. The van der Waals surface area contributed by atoms with Crippen LogP contribution in [0.3, 0.4) is 0 Å². The van der Waals surface area contributed by atoms with Crippen LogP contribution >= 0.6 is 0 Å². The fraction of sp³-hybridized carbons (Fsp3) is 1.00. The first-order valence-electron chi connectivity index (χ1n) is 4.22. The Hall–Kier alpha value is -0.0800. The molecule has 0 saturated carbocycles. The molecule has 0 N–H and O–H groups in total. The molecule has 68 valence electrons. The second-order valence-electron chi connectivity index (χ2n) is 3.03. The van der Waals surface area contributed by atoms with E-state index in [9.17, 15) is 0 Å². The fourth-order valence-electron chi connectivity index (χ4n) is 1.25. The molecule has 0 radical (unpaired) electrons. The van der Waals surface area contributed by atoms with E-state index in [2.05, 4.69) is 13.8 Å². The molecule has 0 rings (SSSR count). The minimum Gasteiger partial charge on any atom is -0.379 e. The SMILES string of the molecule is CCC(C)C(OC)C(C)OC. The maximum absolute atomic E-state index is 5.33. The van der Waals surface area contributed by atoms with Crippen LogP contribution in [0.25, 0.3) is 0 Å². The van der Waals surface area contributed by atoms with Gasteiger partial charge in [-0.3, -0.25) is 0 Å². The Morgan fingerprint density at radius 3 is 1.91 bits per heavy atom. The highest BCUT2D eigenvalue weighted by molar-refractivity contribution is 4.70. The van der Waals surface area contributed by atoms with E-state index in [0.717, 1.165) is 6.42 Å². The Bertz CT molecular complexity index is 83.6. The Morgan fingerprint density at radius 2 is 1.64 bits per heavy atom. The highest BCUT2D eigenvalue weighted by atomic mass is 16.5. The molecule has 0 amide bonds. The van der Waals surface area contributed by atoms with Crippen molar-refractivity contribution in [2.75, 3.05) is 14.2 Å². The highest BCUT2D eigenvalue weighted by Crippen LogP contribution is 2.15. The van der Waals surface area contributed by atoms with Crippen LogP contribution in [0.15, 0.2) is 0 Å². The molecular formula is C9H20O2. The van der Waals surface area contributed by atoms with Crippen molar-refractivity contribution in [2.45, 2.75) is 39.4 Å². The van der Waals surface area contributed by atoms with Crippen molar-refractivity contribution in [1.29, 1.82) is 0 Å². The largest absolute Gasteiger partial charge is 0.379 e. The lowest BCUT2D eigenvalue weighted by molar-refractivity contribution is -0.0531. The summed E-state index contributed by atoms with van der Waals surface area (Å²) in [7, 11) is 3.46. The maximum atomic E-state index is 5.33. The average molecular weight is 160 g/mol. The van der Waals surface area contributed by atoms with Crippen LogP contribution in [0.5, 0.6) is 0 Å². The predicted octanol–water partition coefficient (Wildman–Crippen LogP) is 2.08. The molecule has 0 spiro atoms. The van der Waals surface area contributed by atoms with Crippen molar-refractivity contribution in [3.05, 3.63) is 0 Å². The molecule has 0 aromatic heterocycles. The second kappa shape index (κ2) is 5.56. The van der Waals surface area contributed by atoms with E-state index in [1.165, 1.54) is 0 Å². The maximum Gasteiger partial charge on any atom is 0.0855 e. The molecule has 0 aliphatic rings. The fourth-order valence-corrected chi connectivity index (χ4v) is 1.25. The molecule has 0 bridgehead atoms. The molecule has 0 aromatic carbocycles. The van der Waals surface area contributed by atoms with Crippen molar-refractivity contribution >= 4 is 0 Å². The summed E-state index contributed by atoms with van der Waals surface area (Å²) < 4.78 is 10.5. The van der Waals surface area contributed by atoms with E-state index < -0.39 is 0 Å². The van der Waals surface area contributed by atoms with Gasteiger partial charge in [-0.05, 0) is 12.8 Å². The summed E-state index contributed by atoms with van der Waals surface area (Å²) in [6.07, 6.45) is 1.55. The summed E-state index contributed by atoms with van der Waals surface area (Å²) in [6.45, 7) is 6.39. The van der Waals surface area contributed by atoms with Gasteiger partial charge in [0.15, 0.2) is 0 Å². The first-order valence-corrected chi connectivity index (χ1v) is 4.22. The van der Waals surface area contributed by atoms with Gasteiger partial charge in [-0.15, -0.1) is 0 Å². The quantitative estimate of drug-likeness (QED) is 0.613. The Labute approximate surface area is 69.9 Å². The molecule has 3 unspecified atom stereocenters. The summed E-state index contributed by atoms with van der Waals surface area (Å²) in [5.74, 6) is 0.565. The number of rotatable bonds is 5. The van der Waals surface area contributed by atoms with E-state index in [0.29, 0.717) is 5.92 Å². The normalized spacial score (nSPS) is 19.4. The van der Waals surface area contributed by atoms with Crippen molar-refractivity contribution in [3.63, 3.8) is 0 Å². The first kappa shape index (κ1) is 10.9. The van der Waals surface area contributed by atoms with Gasteiger partial charge in [-0.25, -0.2) is 0 Å². The van der Waals surface area contributed by atoms with Gasteiger partial charge in [-0.1, -0.05) is 20.3 Å². The molecule has 0 fully saturated rings. The van der Waals surface area contributed by atoms with Crippen molar-refractivity contribution in [3.8, 4) is 0 Å². The molecule has 0 aromatic rings. The predicted molar refractivity (Wildman–Crippen MR) is 46.7 cm³/mol. The lowest BCUT2D eigenvalue weighted by Gasteiger charge is -2.26. The average Bonchev–Trinajstić information content (AvgIpc) is 2.05. The van der Waals surface area contributed by atoms with Gasteiger partial charge in [0.1, 0.15) is 0 Å². The van der Waals surface area contributed by atoms with E-state index in [4.69, 9.17) is 9.47 Å². The molecule has 0 heterocycles. The number of hydrogen-bond acceptors (Lipinski definition) is 2. The zero-order chi connectivity index (χ0) is 8.85. The standard InChI is InChI=1S/C9H20O2/c1-6-7(2)9(11-5)8(3)10-4/h7-9H,6H2,1-5H3. The third-order valence-electron chi connectivity index (χ3n) is 2.31. The van der Waals surface area contributed by atoms with Gasteiger partial charge < -0.3 is 9.47 Å². The summed E-state index contributed by atoms with van der Waals surface area (Å²) in [4.78, 5) is 0. The van der Waals surface area contributed by atoms with Crippen LogP contribution in [-0.2, 0) is 9.47 Å². The van der Waals surface area contributed by atoms with Crippen LogP contribution in [0.2, 0.25) is 0 Å². The van der Waals surface area contributed by atoms with Gasteiger partial charge in [0.05, 0.1) is 12.2 Å². The topological polar surface area (TPSA) is 18.5 Å². The zero-order valence-corrected chi connectivity index (χ0v) is 8.26. The van der Waals surface area contributed by atoms with Gasteiger partial charge in [-0.2, -0.15) is 0 Å². The minimum absolute atomic E-state index is 0.190. The second-order valence-corrected chi connectivity index (χ2v) is 3.03. The van der Waals surface area contributed by atoms with E-state index in [1.807, 2.05) is 6.92 Å². The van der Waals surface area contributed by atoms with Gasteiger partial charge in [0.25, 0.3) is 0 Å². The molecule has 3 atom stereocenters. The van der Waals surface area contributed by atoms with E-state index in [-0.39, 0.29) is 12.2 Å². The number of hydrogen-bond donors (Lipinski definition) is 0. The third-order valence-corrected chi connectivity index (χ3v) is 2.31. The molecule has 2 heteroatoms. The molecule has 11 heavy (non-hydrogen) atoms. The Balaban J connectivity index is 3.92. The molecule has 2 nitrogen and oxygen atoms in total. The van der Waals surface area contributed by atoms with Crippen molar-refractivity contribution < 1.29 is 9.47 Å². The van der Waals surface area contributed by atoms with Crippen LogP contribution in [0, 0.1) is 5.92 Å². The molecule has 0 aliphatic carbocycles. The number of methoxy groups -OCH3 is 2. The summed E-state index contributed by atoms with van der Waals surface area (Å²) in [5.41, 5.74) is 0. The van der Waals surface area contributed by atoms with Crippen molar-refractivity contribution in [2.24, 2.45) is 5.92 Å². The lowest BCUT2D eigenvalue weighted by atomic mass is 9.98. The van der Waals surface area contributed by atoms with Crippen LogP contribution < -0.4 is 0 Å². The third kappa shape index (κ3) is 3.21. The summed E-state index contributed by atoms with van der Waals surface area (Å²) in [6, 6.07) is 0. The van der Waals surface area contributed by atoms with Crippen molar-refractivity contribution in [1.82, 2.24) is 0 Å². The van der Waals surface area contributed by atoms with Gasteiger partial charge in [0.2, 0.25) is 0 Å². The van der Waals surface area contributed by atoms with Crippen LogP contribution in [-0.4, -0.2) is 26.4 Å².